The van der Waals surface area contributed by atoms with Crippen molar-refractivity contribution in [2.45, 2.75) is 18.9 Å². The average Bonchev–Trinajstić information content (AvgIpc) is 2.76. The lowest BCUT2D eigenvalue weighted by molar-refractivity contribution is 0.0745. The number of halogens is 3. The summed E-state index contributed by atoms with van der Waals surface area (Å²) in [6.45, 7) is 0.631. The molecule has 0 radical (unpaired) electrons. The lowest BCUT2D eigenvalue weighted by Crippen LogP contribution is -2.36. The predicted octanol–water partition coefficient (Wildman–Crippen LogP) is 2.96. The molecule has 1 atom stereocenters. The van der Waals surface area contributed by atoms with Gasteiger partial charge in [-0.2, -0.15) is 0 Å². The van der Waals surface area contributed by atoms with Crippen LogP contribution in [-0.4, -0.2) is 28.7 Å². The zero-order chi connectivity index (χ0) is 12.4. The van der Waals surface area contributed by atoms with E-state index < -0.39 is 11.6 Å². The number of amides is 1. The maximum absolute atomic E-state index is 13.5. The summed E-state index contributed by atoms with van der Waals surface area (Å²) >= 11 is 3.34. The largest absolute Gasteiger partial charge is 0.335 e. The highest BCUT2D eigenvalue weighted by molar-refractivity contribution is 9.09. The number of hydrogen-bond donors (Lipinski definition) is 0. The molecule has 1 fully saturated rings. The van der Waals surface area contributed by atoms with Crippen molar-refractivity contribution < 1.29 is 13.6 Å². The molecule has 2 nitrogen and oxygen atoms in total. The third kappa shape index (κ3) is 2.49. The lowest BCUT2D eigenvalue weighted by atomic mass is 10.1. The van der Waals surface area contributed by atoms with E-state index >= 15 is 0 Å². The second-order valence-electron chi connectivity index (χ2n) is 4.07. The highest BCUT2D eigenvalue weighted by Gasteiger charge is 2.29. The number of benzene rings is 1. The molecule has 0 spiro atoms. The molecule has 1 saturated heterocycles. The molecular weight excluding hydrogens is 292 g/mol. The molecule has 1 aliphatic rings. The molecule has 0 N–H and O–H groups in total. The van der Waals surface area contributed by atoms with Crippen molar-refractivity contribution in [2.24, 2.45) is 0 Å². The zero-order valence-electron chi connectivity index (χ0n) is 9.13. The summed E-state index contributed by atoms with van der Waals surface area (Å²) in [5.74, 6) is -1.82. The van der Waals surface area contributed by atoms with Crippen molar-refractivity contribution in [3.05, 3.63) is 35.4 Å². The summed E-state index contributed by atoms with van der Waals surface area (Å²) < 4.78 is 26.2. The van der Waals surface area contributed by atoms with E-state index in [2.05, 4.69) is 15.9 Å². The van der Waals surface area contributed by atoms with Crippen molar-refractivity contribution in [3.63, 3.8) is 0 Å². The second-order valence-corrected chi connectivity index (χ2v) is 4.72. The van der Waals surface area contributed by atoms with Crippen molar-refractivity contribution >= 4 is 21.8 Å². The van der Waals surface area contributed by atoms with E-state index in [-0.39, 0.29) is 17.5 Å². The van der Waals surface area contributed by atoms with Gasteiger partial charge in [-0.05, 0) is 25.0 Å². The molecule has 1 heterocycles. The number of likely N-dealkylation sites (tertiary alicyclic amines) is 1. The highest BCUT2D eigenvalue weighted by Crippen LogP contribution is 2.22. The van der Waals surface area contributed by atoms with E-state index in [1.807, 2.05) is 0 Å². The van der Waals surface area contributed by atoms with Gasteiger partial charge in [0.15, 0.2) is 0 Å². The minimum absolute atomic E-state index is 0.0562. The first kappa shape index (κ1) is 12.5. The first-order chi connectivity index (χ1) is 8.13. The normalized spacial score (nSPS) is 19.7. The summed E-state index contributed by atoms with van der Waals surface area (Å²) in [4.78, 5) is 13.7. The molecule has 1 aromatic carbocycles. The Bertz CT molecular complexity index is 439. The Morgan fingerprint density at radius 2 is 2.24 bits per heavy atom. The number of carbonyl (C=O) groups excluding carboxylic acids is 1. The average molecular weight is 304 g/mol. The Morgan fingerprint density at radius 1 is 1.47 bits per heavy atom. The van der Waals surface area contributed by atoms with Crippen LogP contribution in [0, 0.1) is 11.6 Å². The van der Waals surface area contributed by atoms with Gasteiger partial charge in [0, 0.05) is 24.0 Å². The molecule has 17 heavy (non-hydrogen) atoms. The molecule has 5 heteroatoms. The first-order valence-electron chi connectivity index (χ1n) is 5.45. The number of nitrogens with zero attached hydrogens (tertiary/aromatic N) is 1. The van der Waals surface area contributed by atoms with Crippen LogP contribution in [0.1, 0.15) is 23.2 Å². The smallest absolute Gasteiger partial charge is 0.257 e. The minimum atomic E-state index is -0.796. The fourth-order valence-corrected chi connectivity index (χ4v) is 2.75. The fourth-order valence-electron chi connectivity index (χ4n) is 2.08. The van der Waals surface area contributed by atoms with Gasteiger partial charge in [-0.25, -0.2) is 8.78 Å². The zero-order valence-corrected chi connectivity index (χ0v) is 10.7. The van der Waals surface area contributed by atoms with E-state index in [4.69, 9.17) is 0 Å². The Hall–Kier alpha value is -0.970. The molecule has 1 aromatic rings. The van der Waals surface area contributed by atoms with Crippen LogP contribution >= 0.6 is 15.9 Å². The maximum atomic E-state index is 13.5. The standard InChI is InChI=1S/C12H12BrF2NO/c13-7-9-2-1-5-16(9)12(17)10-4-3-8(14)6-11(10)15/h3-4,6,9H,1-2,5,7H2. The Balaban J connectivity index is 2.24. The van der Waals surface area contributed by atoms with E-state index in [0.29, 0.717) is 11.9 Å². The van der Waals surface area contributed by atoms with E-state index in [9.17, 15) is 13.6 Å². The van der Waals surface area contributed by atoms with Gasteiger partial charge in [0.1, 0.15) is 11.6 Å². The topological polar surface area (TPSA) is 20.3 Å². The fraction of sp³-hybridized carbons (Fsp3) is 0.417. The summed E-state index contributed by atoms with van der Waals surface area (Å²) in [7, 11) is 0. The SMILES string of the molecule is O=C(c1ccc(F)cc1F)N1CCCC1CBr. The second kappa shape index (κ2) is 5.12. The van der Waals surface area contributed by atoms with E-state index in [1.54, 1.807) is 4.90 Å². The van der Waals surface area contributed by atoms with Gasteiger partial charge in [0.25, 0.3) is 5.91 Å². The van der Waals surface area contributed by atoms with Crippen molar-refractivity contribution in [2.75, 3.05) is 11.9 Å². The highest BCUT2D eigenvalue weighted by atomic mass is 79.9. The predicted molar refractivity (Wildman–Crippen MR) is 64.2 cm³/mol. The van der Waals surface area contributed by atoms with Gasteiger partial charge in [0.2, 0.25) is 0 Å². The number of hydrogen-bond acceptors (Lipinski definition) is 1. The maximum Gasteiger partial charge on any atom is 0.257 e. The van der Waals surface area contributed by atoms with Crippen LogP contribution in [0.2, 0.25) is 0 Å². The Labute approximate surface area is 107 Å². The minimum Gasteiger partial charge on any atom is -0.335 e. The van der Waals surface area contributed by atoms with Crippen molar-refractivity contribution in [1.29, 1.82) is 0 Å². The third-order valence-corrected chi connectivity index (χ3v) is 3.73. The van der Waals surface area contributed by atoms with Crippen LogP contribution in [0.15, 0.2) is 18.2 Å². The molecule has 0 aliphatic carbocycles. The van der Waals surface area contributed by atoms with Crippen LogP contribution in [0.4, 0.5) is 8.78 Å². The van der Waals surface area contributed by atoms with Gasteiger partial charge >= 0.3 is 0 Å². The molecule has 92 valence electrons. The van der Waals surface area contributed by atoms with Gasteiger partial charge < -0.3 is 4.90 Å². The molecule has 0 aromatic heterocycles. The monoisotopic (exact) mass is 303 g/mol. The van der Waals surface area contributed by atoms with E-state index in [1.165, 1.54) is 6.07 Å². The molecular formula is C12H12BrF2NO. The molecule has 1 amide bonds. The number of carbonyl (C=O) groups is 1. The number of alkyl halides is 1. The van der Waals surface area contributed by atoms with Crippen LogP contribution in [0.5, 0.6) is 0 Å². The van der Waals surface area contributed by atoms with Crippen LogP contribution in [0.25, 0.3) is 0 Å². The Kier molecular flexibility index (Phi) is 3.76. The molecule has 0 bridgehead atoms. The first-order valence-corrected chi connectivity index (χ1v) is 6.57. The summed E-state index contributed by atoms with van der Waals surface area (Å²) in [6, 6.07) is 3.16. The van der Waals surface area contributed by atoms with Crippen molar-refractivity contribution in [3.8, 4) is 0 Å². The lowest BCUT2D eigenvalue weighted by Gasteiger charge is -2.23. The molecule has 2 rings (SSSR count). The quantitative estimate of drug-likeness (QED) is 0.769. The van der Waals surface area contributed by atoms with Gasteiger partial charge in [-0.15, -0.1) is 0 Å². The van der Waals surface area contributed by atoms with E-state index in [0.717, 1.165) is 25.0 Å². The summed E-state index contributed by atoms with van der Waals surface area (Å²) in [5.41, 5.74) is -0.0562. The molecule has 0 saturated carbocycles. The molecule has 1 unspecified atom stereocenters. The molecule has 1 aliphatic heterocycles. The summed E-state index contributed by atoms with van der Waals surface area (Å²) in [6.07, 6.45) is 1.84. The summed E-state index contributed by atoms with van der Waals surface area (Å²) in [5, 5.41) is 0.682. The van der Waals surface area contributed by atoms with Crippen molar-refractivity contribution in [1.82, 2.24) is 4.90 Å². The van der Waals surface area contributed by atoms with Gasteiger partial charge in [0.05, 0.1) is 5.56 Å². The Morgan fingerprint density at radius 3 is 2.88 bits per heavy atom. The third-order valence-electron chi connectivity index (χ3n) is 2.98. The van der Waals surface area contributed by atoms with Crippen LogP contribution < -0.4 is 0 Å². The number of rotatable bonds is 2. The van der Waals surface area contributed by atoms with Gasteiger partial charge in [-0.3, -0.25) is 4.79 Å². The van der Waals surface area contributed by atoms with Gasteiger partial charge in [-0.1, -0.05) is 15.9 Å². The van der Waals surface area contributed by atoms with Crippen LogP contribution in [0.3, 0.4) is 0 Å². The van der Waals surface area contributed by atoms with Crippen LogP contribution in [-0.2, 0) is 0 Å².